The molecule has 0 aliphatic heterocycles. The van der Waals surface area contributed by atoms with Gasteiger partial charge in [0.2, 0.25) is 0 Å². The van der Waals surface area contributed by atoms with Crippen molar-refractivity contribution in [2.24, 2.45) is 5.92 Å². The van der Waals surface area contributed by atoms with Crippen LogP contribution in [0.5, 0.6) is 0 Å². The minimum absolute atomic E-state index is 0.144. The Bertz CT molecular complexity index is 571. The van der Waals surface area contributed by atoms with E-state index < -0.39 is 9.84 Å². The highest BCUT2D eigenvalue weighted by Gasteiger charge is 2.34. The van der Waals surface area contributed by atoms with Gasteiger partial charge in [-0.25, -0.2) is 8.42 Å². The summed E-state index contributed by atoms with van der Waals surface area (Å²) in [5.41, 5.74) is 2.33. The monoisotopic (exact) mass is 310 g/mol. The standard InChI is InChI=1S/C16H26N2O2S/c1-4-12-8-6-10-18-16(12)15(17-2)13-7-5-9-14(11-13)21(3,19)20/h6,8,10,13-15,17H,4-5,7,9,11H2,1-3H3. The lowest BCUT2D eigenvalue weighted by atomic mass is 9.81. The van der Waals surface area contributed by atoms with Crippen LogP contribution in [0.2, 0.25) is 0 Å². The minimum atomic E-state index is -2.95. The number of pyridine rings is 1. The maximum absolute atomic E-state index is 11.9. The van der Waals surface area contributed by atoms with Crippen LogP contribution in [0.1, 0.15) is 49.9 Å². The minimum Gasteiger partial charge on any atom is -0.311 e. The summed E-state index contributed by atoms with van der Waals surface area (Å²) in [6.07, 6.45) is 7.73. The Morgan fingerprint density at radius 2 is 2.19 bits per heavy atom. The highest BCUT2D eigenvalue weighted by atomic mass is 32.2. The molecule has 4 nitrogen and oxygen atoms in total. The number of hydrogen-bond donors (Lipinski definition) is 1. The second kappa shape index (κ2) is 6.88. The highest BCUT2D eigenvalue weighted by molar-refractivity contribution is 7.91. The molecule has 118 valence electrons. The van der Waals surface area contributed by atoms with Crippen LogP contribution in [0.4, 0.5) is 0 Å². The predicted octanol–water partition coefficient (Wildman–Crippen LogP) is 2.51. The molecular formula is C16H26N2O2S. The molecule has 1 aromatic rings. The van der Waals surface area contributed by atoms with Gasteiger partial charge in [-0.3, -0.25) is 4.98 Å². The molecule has 0 amide bonds. The van der Waals surface area contributed by atoms with E-state index in [1.54, 1.807) is 0 Å². The Labute approximate surface area is 128 Å². The van der Waals surface area contributed by atoms with Crippen molar-refractivity contribution in [2.75, 3.05) is 13.3 Å². The van der Waals surface area contributed by atoms with Crippen LogP contribution in [-0.2, 0) is 16.3 Å². The zero-order chi connectivity index (χ0) is 15.5. The maximum Gasteiger partial charge on any atom is 0.150 e. The van der Waals surface area contributed by atoms with Gasteiger partial charge in [-0.05, 0) is 50.3 Å². The fourth-order valence-corrected chi connectivity index (χ4v) is 4.69. The Kier molecular flexibility index (Phi) is 5.38. The van der Waals surface area contributed by atoms with E-state index in [0.717, 1.165) is 37.8 Å². The van der Waals surface area contributed by atoms with Crippen molar-refractivity contribution in [3.63, 3.8) is 0 Å². The summed E-state index contributed by atoms with van der Waals surface area (Å²) in [5, 5.41) is 3.18. The first-order valence-corrected chi connectivity index (χ1v) is 9.72. The molecule has 1 aliphatic rings. The molecule has 0 spiro atoms. The molecule has 2 rings (SSSR count). The summed E-state index contributed by atoms with van der Waals surface area (Å²) < 4.78 is 23.7. The van der Waals surface area contributed by atoms with Crippen LogP contribution >= 0.6 is 0 Å². The fraction of sp³-hybridized carbons (Fsp3) is 0.688. The van der Waals surface area contributed by atoms with E-state index >= 15 is 0 Å². The van der Waals surface area contributed by atoms with Crippen molar-refractivity contribution in [1.82, 2.24) is 10.3 Å². The Balaban J connectivity index is 2.25. The molecule has 0 aromatic carbocycles. The van der Waals surface area contributed by atoms with E-state index in [9.17, 15) is 8.42 Å². The maximum atomic E-state index is 11.9. The molecular weight excluding hydrogens is 284 g/mol. The normalized spacial score (nSPS) is 24.7. The van der Waals surface area contributed by atoms with Gasteiger partial charge in [-0.15, -0.1) is 0 Å². The molecule has 0 saturated heterocycles. The zero-order valence-electron chi connectivity index (χ0n) is 13.2. The van der Waals surface area contributed by atoms with Crippen molar-refractivity contribution < 1.29 is 8.42 Å². The van der Waals surface area contributed by atoms with Gasteiger partial charge in [0.15, 0.2) is 0 Å². The van der Waals surface area contributed by atoms with Gasteiger partial charge in [0.05, 0.1) is 17.0 Å². The van der Waals surface area contributed by atoms with Gasteiger partial charge < -0.3 is 5.32 Å². The second-order valence-corrected chi connectivity index (χ2v) is 8.37. The second-order valence-electron chi connectivity index (χ2n) is 6.05. The van der Waals surface area contributed by atoms with E-state index in [1.165, 1.54) is 11.8 Å². The lowest BCUT2D eigenvalue weighted by molar-refractivity contribution is 0.278. The summed E-state index contributed by atoms with van der Waals surface area (Å²) in [5.74, 6) is 0.337. The van der Waals surface area contributed by atoms with Gasteiger partial charge in [-0.1, -0.05) is 19.4 Å². The summed E-state index contributed by atoms with van der Waals surface area (Å²) in [7, 11) is -0.999. The topological polar surface area (TPSA) is 59.1 Å². The third-order valence-electron chi connectivity index (χ3n) is 4.66. The quantitative estimate of drug-likeness (QED) is 0.908. The SMILES string of the molecule is CCc1cccnc1C(NC)C1CCCC(S(C)(=O)=O)C1. The van der Waals surface area contributed by atoms with E-state index in [4.69, 9.17) is 0 Å². The summed E-state index contributed by atoms with van der Waals surface area (Å²) in [4.78, 5) is 4.57. The van der Waals surface area contributed by atoms with Crippen molar-refractivity contribution in [3.05, 3.63) is 29.6 Å². The number of nitrogens with one attached hydrogen (secondary N) is 1. The van der Waals surface area contributed by atoms with Crippen LogP contribution in [-0.4, -0.2) is 32.0 Å². The van der Waals surface area contributed by atoms with Gasteiger partial charge in [-0.2, -0.15) is 0 Å². The Hall–Kier alpha value is -0.940. The Morgan fingerprint density at radius 1 is 1.43 bits per heavy atom. The molecule has 1 aliphatic carbocycles. The van der Waals surface area contributed by atoms with Crippen LogP contribution in [0.25, 0.3) is 0 Å². The molecule has 5 heteroatoms. The first-order chi connectivity index (χ1) is 9.97. The Morgan fingerprint density at radius 3 is 2.81 bits per heavy atom. The van der Waals surface area contributed by atoms with E-state index in [0.29, 0.717) is 5.92 Å². The van der Waals surface area contributed by atoms with E-state index in [2.05, 4.69) is 23.3 Å². The molecule has 3 atom stereocenters. The molecule has 1 aromatic heterocycles. The smallest absolute Gasteiger partial charge is 0.150 e. The average molecular weight is 310 g/mol. The number of rotatable bonds is 5. The van der Waals surface area contributed by atoms with Gasteiger partial charge >= 0.3 is 0 Å². The lowest BCUT2D eigenvalue weighted by Gasteiger charge is -2.34. The molecule has 3 unspecified atom stereocenters. The van der Waals surface area contributed by atoms with Crippen molar-refractivity contribution in [3.8, 4) is 0 Å². The first kappa shape index (κ1) is 16.4. The van der Waals surface area contributed by atoms with Crippen molar-refractivity contribution in [2.45, 2.75) is 50.3 Å². The lowest BCUT2D eigenvalue weighted by Crippen LogP contribution is -2.35. The molecule has 0 bridgehead atoms. The number of nitrogens with zero attached hydrogens (tertiary/aromatic N) is 1. The van der Waals surface area contributed by atoms with E-state index in [-0.39, 0.29) is 11.3 Å². The van der Waals surface area contributed by atoms with Crippen LogP contribution < -0.4 is 5.32 Å². The van der Waals surface area contributed by atoms with E-state index in [1.807, 2.05) is 19.3 Å². The summed E-state index contributed by atoms with van der Waals surface area (Å²) >= 11 is 0. The third kappa shape index (κ3) is 3.83. The number of aryl methyl sites for hydroxylation is 1. The predicted molar refractivity (Wildman–Crippen MR) is 86.0 cm³/mol. The summed E-state index contributed by atoms with van der Waals surface area (Å²) in [6, 6.07) is 4.23. The summed E-state index contributed by atoms with van der Waals surface area (Å²) in [6.45, 7) is 2.13. The third-order valence-corrected chi connectivity index (χ3v) is 6.30. The molecule has 1 N–H and O–H groups in total. The van der Waals surface area contributed by atoms with Gasteiger partial charge in [0, 0.05) is 12.5 Å². The first-order valence-electron chi connectivity index (χ1n) is 7.77. The fourth-order valence-electron chi connectivity index (χ4n) is 3.50. The molecule has 1 saturated carbocycles. The van der Waals surface area contributed by atoms with Gasteiger partial charge in [0.1, 0.15) is 9.84 Å². The average Bonchev–Trinajstić information content (AvgIpc) is 2.48. The number of sulfone groups is 1. The van der Waals surface area contributed by atoms with Crippen LogP contribution in [0.3, 0.4) is 0 Å². The van der Waals surface area contributed by atoms with Crippen LogP contribution in [0, 0.1) is 5.92 Å². The number of aromatic nitrogens is 1. The van der Waals surface area contributed by atoms with Crippen molar-refractivity contribution >= 4 is 9.84 Å². The van der Waals surface area contributed by atoms with Gasteiger partial charge in [0.25, 0.3) is 0 Å². The number of hydrogen-bond acceptors (Lipinski definition) is 4. The molecule has 1 heterocycles. The largest absolute Gasteiger partial charge is 0.311 e. The highest BCUT2D eigenvalue weighted by Crippen LogP contribution is 2.37. The van der Waals surface area contributed by atoms with Crippen LogP contribution in [0.15, 0.2) is 18.3 Å². The molecule has 1 fully saturated rings. The van der Waals surface area contributed by atoms with Crippen molar-refractivity contribution in [1.29, 1.82) is 0 Å². The molecule has 21 heavy (non-hydrogen) atoms. The zero-order valence-corrected chi connectivity index (χ0v) is 14.0. The molecule has 0 radical (unpaired) electrons.